The van der Waals surface area contributed by atoms with Crippen LogP contribution in [-0.4, -0.2) is 96.7 Å². The van der Waals surface area contributed by atoms with E-state index in [1.54, 1.807) is 0 Å². The zero-order valence-electron chi connectivity index (χ0n) is 65.8. The zero-order valence-corrected chi connectivity index (χ0v) is 67.6. The lowest BCUT2D eigenvalue weighted by molar-refractivity contribution is -0.161. The molecule has 0 aliphatic heterocycles. The van der Waals surface area contributed by atoms with Gasteiger partial charge in [-0.3, -0.25) is 37.3 Å². The molecule has 0 fully saturated rings. The van der Waals surface area contributed by atoms with Crippen LogP contribution in [0.4, 0.5) is 0 Å². The molecule has 0 saturated carbocycles. The van der Waals surface area contributed by atoms with Crippen molar-refractivity contribution in [3.05, 3.63) is 170 Å². The van der Waals surface area contributed by atoms with E-state index in [1.807, 2.05) is 42.5 Å². The highest BCUT2D eigenvalue weighted by molar-refractivity contribution is 7.47. The van der Waals surface area contributed by atoms with Gasteiger partial charge in [0.05, 0.1) is 26.4 Å². The molecule has 602 valence electrons. The van der Waals surface area contributed by atoms with Crippen molar-refractivity contribution in [2.45, 2.75) is 316 Å². The van der Waals surface area contributed by atoms with Gasteiger partial charge in [-0.05, 0) is 167 Å². The van der Waals surface area contributed by atoms with Crippen LogP contribution >= 0.6 is 15.6 Å². The Kier molecular flexibility index (Phi) is 73.5. The Labute approximate surface area is 642 Å². The number of phosphoric ester groups is 2. The van der Waals surface area contributed by atoms with Crippen molar-refractivity contribution in [3.8, 4) is 0 Å². The largest absolute Gasteiger partial charge is 0.472 e. The first-order chi connectivity index (χ1) is 51.7. The molecule has 5 atom stereocenters. The summed E-state index contributed by atoms with van der Waals surface area (Å²) in [6, 6.07) is 0. The van der Waals surface area contributed by atoms with E-state index < -0.39 is 97.5 Å². The Morgan fingerprint density at radius 3 is 0.821 bits per heavy atom. The molecule has 0 heterocycles. The van der Waals surface area contributed by atoms with Gasteiger partial charge >= 0.3 is 39.5 Å². The number of unbranched alkanes of at least 4 members (excludes halogenated alkanes) is 20. The third-order valence-corrected chi connectivity index (χ3v) is 18.0. The monoisotopic (exact) mass is 1520 g/mol. The van der Waals surface area contributed by atoms with E-state index in [-0.39, 0.29) is 25.7 Å². The third-order valence-electron chi connectivity index (χ3n) is 16.1. The van der Waals surface area contributed by atoms with Gasteiger partial charge in [0.25, 0.3) is 0 Å². The number of carbonyl (C=O) groups excluding carboxylic acids is 4. The second-order valence-electron chi connectivity index (χ2n) is 26.3. The molecule has 0 radical (unpaired) electrons. The molecular formula is C87H142O17P2. The SMILES string of the molecule is CCCCC/C=C\C/C=C\C/C=C\C/C=C\C/C=C\CCC(=O)O[C@H](COC(=O)CCC/C=C\C/C=C\C/C=C\C/C=C\CCCCC)COP(=O)(O)OC[C@@H](O)COP(=O)(O)OC[C@@H](COC(=O)CCC/C=C\C/C=C\C/C=C\C/C=C\CCCCC)OC(=O)CCCCCCC/C=C\CCCCCC. The number of aliphatic hydroxyl groups is 1. The molecule has 0 bridgehead atoms. The van der Waals surface area contributed by atoms with Gasteiger partial charge in [0.15, 0.2) is 12.2 Å². The lowest BCUT2D eigenvalue weighted by atomic mass is 10.1. The Morgan fingerprint density at radius 2 is 0.491 bits per heavy atom. The quantitative estimate of drug-likeness (QED) is 0.0169. The molecule has 0 aliphatic carbocycles. The van der Waals surface area contributed by atoms with Crippen molar-refractivity contribution < 1.29 is 80.2 Å². The Balaban J connectivity index is 5.55. The van der Waals surface area contributed by atoms with Crippen molar-refractivity contribution in [3.63, 3.8) is 0 Å². The normalized spacial score (nSPS) is 14.7. The summed E-state index contributed by atoms with van der Waals surface area (Å²) in [5.41, 5.74) is 0. The van der Waals surface area contributed by atoms with Crippen LogP contribution in [0.15, 0.2) is 170 Å². The Hall–Kier alpha value is -5.58. The molecule has 106 heavy (non-hydrogen) atoms. The molecule has 17 nitrogen and oxygen atoms in total. The summed E-state index contributed by atoms with van der Waals surface area (Å²) in [7, 11) is -10.0. The van der Waals surface area contributed by atoms with Gasteiger partial charge in [0.1, 0.15) is 19.3 Å². The van der Waals surface area contributed by atoms with Gasteiger partial charge in [-0.2, -0.15) is 0 Å². The van der Waals surface area contributed by atoms with Crippen LogP contribution in [-0.2, 0) is 65.4 Å². The summed E-state index contributed by atoms with van der Waals surface area (Å²) in [5, 5.41) is 10.6. The molecule has 0 rings (SSSR count). The van der Waals surface area contributed by atoms with Crippen molar-refractivity contribution in [1.82, 2.24) is 0 Å². The topological polar surface area (TPSA) is 237 Å². The predicted molar refractivity (Wildman–Crippen MR) is 436 cm³/mol. The minimum absolute atomic E-state index is 0.0474. The Bertz CT molecular complexity index is 2680. The fraction of sp³-hybridized carbons (Fsp3) is 0.632. The van der Waals surface area contributed by atoms with Crippen LogP contribution < -0.4 is 0 Å². The summed E-state index contributed by atoms with van der Waals surface area (Å²) >= 11 is 0. The summed E-state index contributed by atoms with van der Waals surface area (Å²) in [4.78, 5) is 73.0. The molecule has 0 aromatic rings. The number of carbonyl (C=O) groups is 4. The smallest absolute Gasteiger partial charge is 0.462 e. The molecule has 0 spiro atoms. The number of hydrogen-bond donors (Lipinski definition) is 3. The first-order valence-electron chi connectivity index (χ1n) is 40.4. The van der Waals surface area contributed by atoms with Crippen molar-refractivity contribution >= 4 is 39.5 Å². The summed E-state index contributed by atoms with van der Waals surface area (Å²) in [6.45, 7) is 4.54. The molecule has 0 aromatic heterocycles. The molecule has 0 amide bonds. The predicted octanol–water partition coefficient (Wildman–Crippen LogP) is 23.8. The van der Waals surface area contributed by atoms with E-state index in [2.05, 4.69) is 155 Å². The number of esters is 4. The Morgan fingerprint density at radius 1 is 0.264 bits per heavy atom. The molecule has 0 aromatic carbocycles. The summed E-state index contributed by atoms with van der Waals surface area (Å²) in [5.74, 6) is -2.43. The van der Waals surface area contributed by atoms with E-state index >= 15 is 0 Å². The minimum Gasteiger partial charge on any atom is -0.462 e. The van der Waals surface area contributed by atoms with Crippen molar-refractivity contribution in [2.24, 2.45) is 0 Å². The molecular weight excluding hydrogens is 1380 g/mol. The van der Waals surface area contributed by atoms with E-state index in [0.717, 1.165) is 116 Å². The fourth-order valence-electron chi connectivity index (χ4n) is 9.95. The van der Waals surface area contributed by atoms with Crippen LogP contribution in [0, 0.1) is 0 Å². The second-order valence-corrected chi connectivity index (χ2v) is 29.2. The molecule has 2 unspecified atom stereocenters. The first kappa shape index (κ1) is 100. The first-order valence-corrected chi connectivity index (χ1v) is 43.4. The van der Waals surface area contributed by atoms with Crippen LogP contribution in [0.1, 0.15) is 297 Å². The van der Waals surface area contributed by atoms with E-state index in [4.69, 9.17) is 37.0 Å². The minimum atomic E-state index is -5.02. The average molecular weight is 1520 g/mol. The van der Waals surface area contributed by atoms with Gasteiger partial charge in [0, 0.05) is 25.7 Å². The van der Waals surface area contributed by atoms with Crippen LogP contribution in [0.25, 0.3) is 0 Å². The maximum Gasteiger partial charge on any atom is 0.472 e. The number of allylic oxidation sites excluding steroid dienone is 28. The third kappa shape index (κ3) is 76.6. The number of ether oxygens (including phenoxy) is 4. The summed E-state index contributed by atoms with van der Waals surface area (Å²) in [6.07, 6.45) is 92.2. The fourth-order valence-corrected chi connectivity index (χ4v) is 11.5. The maximum absolute atomic E-state index is 13.1. The molecule has 0 saturated heterocycles. The highest BCUT2D eigenvalue weighted by Crippen LogP contribution is 2.45. The van der Waals surface area contributed by atoms with Gasteiger partial charge in [0.2, 0.25) is 0 Å². The van der Waals surface area contributed by atoms with Crippen molar-refractivity contribution in [2.75, 3.05) is 39.6 Å². The van der Waals surface area contributed by atoms with Gasteiger partial charge in [-0.15, -0.1) is 0 Å². The van der Waals surface area contributed by atoms with E-state index in [0.29, 0.717) is 44.9 Å². The molecule has 3 N–H and O–H groups in total. The molecule has 19 heteroatoms. The van der Waals surface area contributed by atoms with Gasteiger partial charge in [-0.1, -0.05) is 275 Å². The lowest BCUT2D eigenvalue weighted by Crippen LogP contribution is -2.30. The highest BCUT2D eigenvalue weighted by Gasteiger charge is 2.30. The number of phosphoric acid groups is 2. The maximum atomic E-state index is 13.1. The molecule has 0 aliphatic rings. The number of aliphatic hydroxyl groups excluding tert-OH is 1. The van der Waals surface area contributed by atoms with Gasteiger partial charge in [-0.25, -0.2) is 9.13 Å². The van der Waals surface area contributed by atoms with Gasteiger partial charge < -0.3 is 33.8 Å². The standard InChI is InChI=1S/C87H142O17P2/c1-5-9-13-17-21-25-29-33-36-39-40-43-46-50-54-58-62-66-70-74-87(92)104-83(78-98-85(90)72-68-64-60-56-52-49-45-42-38-35-31-27-23-19-15-11-7-3)80-102-106(95,96)100-76-81(88)75-99-105(93,94)101-79-82(103-86(91)73-69-65-61-57-53-47-32-28-24-20-16-12-8-4)77-97-84(89)71-67-63-59-55-51-48-44-41-37-34-30-26-22-18-14-10-6-2/h21-23,25-28,32-38,40,43-45,48-50,54-56,59-60,62,66,81-83,88H,5-20,24,29-31,39,41-42,46-47,51-53,57-58,61,63-65,67-80H2,1-4H3,(H,93,94)(H,95,96)/b25-21-,26-22-,27-23-,32-28-,36-33-,37-34-,38-35-,43-40-,48-44-,49-45-,54-50-,59-55-,60-56-,66-62-/t81-,82+,83+/m0/s1. The number of rotatable bonds is 74. The van der Waals surface area contributed by atoms with Crippen LogP contribution in [0.5, 0.6) is 0 Å². The number of hydrogen-bond acceptors (Lipinski definition) is 15. The van der Waals surface area contributed by atoms with Crippen LogP contribution in [0.3, 0.4) is 0 Å². The lowest BCUT2D eigenvalue weighted by Gasteiger charge is -2.21. The average Bonchev–Trinajstić information content (AvgIpc) is 0.901. The summed E-state index contributed by atoms with van der Waals surface area (Å²) < 4.78 is 68.4. The highest BCUT2D eigenvalue weighted by atomic mass is 31.2. The second kappa shape index (κ2) is 77.6. The van der Waals surface area contributed by atoms with E-state index in [9.17, 15) is 43.2 Å². The van der Waals surface area contributed by atoms with Crippen molar-refractivity contribution in [1.29, 1.82) is 0 Å². The van der Waals surface area contributed by atoms with E-state index in [1.165, 1.54) is 83.5 Å². The zero-order chi connectivity index (χ0) is 77.4. The van der Waals surface area contributed by atoms with Crippen LogP contribution in [0.2, 0.25) is 0 Å².